The highest BCUT2D eigenvalue weighted by molar-refractivity contribution is 6.74. The molecule has 33 heavy (non-hydrogen) atoms. The maximum Gasteiger partial charge on any atom is 0.192 e. The minimum atomic E-state index is -1.79. The molecule has 6 atom stereocenters. The smallest absolute Gasteiger partial charge is 0.192 e. The zero-order chi connectivity index (χ0) is 24.6. The summed E-state index contributed by atoms with van der Waals surface area (Å²) in [6.45, 7) is 24.2. The highest BCUT2D eigenvalue weighted by Gasteiger charge is 2.70. The van der Waals surface area contributed by atoms with E-state index < -0.39 is 13.7 Å². The van der Waals surface area contributed by atoms with Gasteiger partial charge in [-0.1, -0.05) is 48.1 Å². The Bertz CT molecular complexity index is 840. The Morgan fingerprint density at radius 1 is 1.09 bits per heavy atom. The first-order valence-corrected chi connectivity index (χ1v) is 16.1. The van der Waals surface area contributed by atoms with Gasteiger partial charge >= 0.3 is 0 Å². The molecule has 1 saturated heterocycles. The molecule has 0 amide bonds. The number of fused-ring (bicyclic) bond motifs is 2. The summed E-state index contributed by atoms with van der Waals surface area (Å²) >= 11 is 0. The summed E-state index contributed by atoms with van der Waals surface area (Å²) in [5, 5.41) is 4.10. The number of carbonyl (C=O) groups excluding carboxylic acids is 2. The van der Waals surface area contributed by atoms with E-state index in [0.717, 1.165) is 50.8 Å². The molecule has 2 bridgehead atoms. The minimum Gasteiger partial charge on any atom is -0.415 e. The molecule has 0 aromatic carbocycles. The fourth-order valence-electron chi connectivity index (χ4n) is 7.64. The molecule has 4 saturated carbocycles. The molecule has 5 aliphatic rings. The van der Waals surface area contributed by atoms with E-state index in [0.29, 0.717) is 18.4 Å². The van der Waals surface area contributed by atoms with Crippen LogP contribution in [0.15, 0.2) is 12.2 Å². The Morgan fingerprint density at radius 2 is 1.76 bits per heavy atom. The fraction of sp³-hybridized carbons (Fsp3) is 0.857. The monoisotopic (exact) mass is 473 g/mol. The van der Waals surface area contributed by atoms with Crippen molar-refractivity contribution >= 4 is 19.9 Å². The number of Topliss-reactive ketones (excluding diaryl/α,β-unsaturated/α-hetero) is 2. The molecule has 5 fully saturated rings. The highest BCUT2D eigenvalue weighted by atomic mass is 28.4. The lowest BCUT2D eigenvalue weighted by atomic mass is 9.37. The third-order valence-corrected chi connectivity index (χ3v) is 15.1. The van der Waals surface area contributed by atoms with Gasteiger partial charge in [0.1, 0.15) is 5.78 Å². The van der Waals surface area contributed by atoms with Gasteiger partial charge in [-0.25, -0.2) is 0 Å². The Kier molecular flexibility index (Phi) is 6.03. The van der Waals surface area contributed by atoms with E-state index in [1.54, 1.807) is 0 Å². The predicted molar refractivity (Wildman–Crippen MR) is 137 cm³/mol. The number of allylic oxidation sites excluding steroid dienone is 1. The Labute approximate surface area is 202 Å². The number of rotatable bonds is 3. The standard InChI is InChI=1S/C28H47NO3Si/c1-18-19-10-13-28(24(18)31)22(14-19)27(21(15-23(28)30)25(2,3)4)12-11-20(29-17-27)16-32-33(8,9)26(5,6)7/h19-22,29H,1,10-17H2,2-9H3/t19-,20-,21?,22?,27-,28+/m0/s1. The molecule has 4 aliphatic carbocycles. The van der Waals surface area contributed by atoms with Crippen LogP contribution in [0.25, 0.3) is 0 Å². The van der Waals surface area contributed by atoms with Crippen molar-refractivity contribution in [3.05, 3.63) is 12.2 Å². The number of ketones is 2. The summed E-state index contributed by atoms with van der Waals surface area (Å²) in [5.41, 5.74) is -0.0335. The van der Waals surface area contributed by atoms with Crippen molar-refractivity contribution in [2.75, 3.05) is 13.2 Å². The van der Waals surface area contributed by atoms with E-state index in [-0.39, 0.29) is 39.3 Å². The first-order valence-electron chi connectivity index (χ1n) is 13.2. The lowest BCUT2D eigenvalue weighted by Gasteiger charge is -2.66. The molecule has 0 radical (unpaired) electrons. The summed E-state index contributed by atoms with van der Waals surface area (Å²) < 4.78 is 6.56. The third kappa shape index (κ3) is 3.76. The SMILES string of the molecule is C=C1C(=O)[C@]23CC[C@H]1CC2[C@]1(CC[C@@H](CO[Si](C)(C)C(C)(C)C)NC1)C(C(C)(C)C)CC3=O. The average molecular weight is 474 g/mol. The molecular weight excluding hydrogens is 426 g/mol. The van der Waals surface area contributed by atoms with Crippen molar-refractivity contribution in [3.63, 3.8) is 0 Å². The number of hydrogen-bond donors (Lipinski definition) is 1. The Morgan fingerprint density at radius 3 is 2.30 bits per heavy atom. The van der Waals surface area contributed by atoms with Gasteiger partial charge in [-0.05, 0) is 84.4 Å². The van der Waals surface area contributed by atoms with Gasteiger partial charge in [-0.3, -0.25) is 9.59 Å². The quantitative estimate of drug-likeness (QED) is 0.314. The van der Waals surface area contributed by atoms with E-state index in [1.807, 2.05) is 0 Å². The molecule has 5 rings (SSSR count). The molecule has 2 unspecified atom stereocenters. The van der Waals surface area contributed by atoms with Gasteiger partial charge in [-0.2, -0.15) is 0 Å². The van der Waals surface area contributed by atoms with Crippen LogP contribution in [0.4, 0.5) is 0 Å². The van der Waals surface area contributed by atoms with Crippen LogP contribution in [0.1, 0.15) is 80.1 Å². The zero-order valence-corrected chi connectivity index (χ0v) is 23.4. The molecule has 1 N–H and O–H groups in total. The Hall–Kier alpha value is -0.783. The van der Waals surface area contributed by atoms with Gasteiger partial charge in [0, 0.05) is 25.6 Å². The maximum absolute atomic E-state index is 13.7. The van der Waals surface area contributed by atoms with Gasteiger partial charge in [0.05, 0.1) is 5.41 Å². The van der Waals surface area contributed by atoms with Crippen LogP contribution in [0.3, 0.4) is 0 Å². The van der Waals surface area contributed by atoms with Crippen LogP contribution < -0.4 is 5.32 Å². The highest BCUT2D eigenvalue weighted by Crippen LogP contribution is 2.68. The molecule has 0 aromatic rings. The van der Waals surface area contributed by atoms with Crippen LogP contribution in [0, 0.1) is 34.0 Å². The summed E-state index contributed by atoms with van der Waals surface area (Å²) in [6, 6.07) is 0.352. The van der Waals surface area contributed by atoms with Gasteiger partial charge in [0.15, 0.2) is 14.1 Å². The second-order valence-corrected chi connectivity index (χ2v) is 19.1. The van der Waals surface area contributed by atoms with Gasteiger partial charge in [-0.15, -0.1) is 0 Å². The first-order chi connectivity index (χ1) is 15.1. The van der Waals surface area contributed by atoms with E-state index in [2.05, 4.69) is 66.5 Å². The zero-order valence-electron chi connectivity index (χ0n) is 22.4. The number of piperidine rings is 1. The normalized spacial score (nSPS) is 39.8. The van der Waals surface area contributed by atoms with Gasteiger partial charge in [0.2, 0.25) is 0 Å². The molecule has 1 heterocycles. The summed E-state index contributed by atoms with van der Waals surface area (Å²) in [4.78, 5) is 27.3. The fourth-order valence-corrected chi connectivity index (χ4v) is 8.69. The molecule has 1 aliphatic heterocycles. The van der Waals surface area contributed by atoms with Crippen molar-refractivity contribution < 1.29 is 14.0 Å². The van der Waals surface area contributed by atoms with Crippen LogP contribution in [0.5, 0.6) is 0 Å². The minimum absolute atomic E-state index is 0.00529. The summed E-state index contributed by atoms with van der Waals surface area (Å²) in [6.07, 6.45) is 5.35. The number of nitrogens with one attached hydrogen (secondary N) is 1. The molecular formula is C28H47NO3Si. The summed E-state index contributed by atoms with van der Waals surface area (Å²) in [7, 11) is -1.79. The van der Waals surface area contributed by atoms with Crippen molar-refractivity contribution in [1.82, 2.24) is 5.32 Å². The maximum atomic E-state index is 13.7. The van der Waals surface area contributed by atoms with Crippen LogP contribution in [-0.2, 0) is 14.0 Å². The first kappa shape index (κ1) is 25.3. The van der Waals surface area contributed by atoms with Crippen molar-refractivity contribution in [1.29, 1.82) is 0 Å². The van der Waals surface area contributed by atoms with Gasteiger partial charge in [0.25, 0.3) is 0 Å². The topological polar surface area (TPSA) is 55.4 Å². The van der Waals surface area contributed by atoms with Crippen molar-refractivity contribution in [3.8, 4) is 0 Å². The third-order valence-electron chi connectivity index (χ3n) is 10.6. The van der Waals surface area contributed by atoms with Crippen LogP contribution in [0.2, 0.25) is 18.1 Å². The Balaban J connectivity index is 1.60. The van der Waals surface area contributed by atoms with E-state index in [1.165, 1.54) is 0 Å². The number of hydrogen-bond acceptors (Lipinski definition) is 4. The lowest BCUT2D eigenvalue weighted by molar-refractivity contribution is -0.183. The predicted octanol–water partition coefficient (Wildman–Crippen LogP) is 5.92. The van der Waals surface area contributed by atoms with Crippen LogP contribution in [-0.4, -0.2) is 39.1 Å². The molecule has 4 nitrogen and oxygen atoms in total. The van der Waals surface area contributed by atoms with E-state index in [4.69, 9.17) is 4.43 Å². The van der Waals surface area contributed by atoms with E-state index in [9.17, 15) is 9.59 Å². The molecule has 186 valence electrons. The van der Waals surface area contributed by atoms with E-state index >= 15 is 0 Å². The number of carbonyl (C=O) groups is 2. The lowest BCUT2D eigenvalue weighted by Crippen LogP contribution is -2.69. The van der Waals surface area contributed by atoms with Crippen LogP contribution >= 0.6 is 0 Å². The van der Waals surface area contributed by atoms with Gasteiger partial charge < -0.3 is 9.74 Å². The molecule has 5 heteroatoms. The second kappa shape index (κ2) is 7.86. The summed E-state index contributed by atoms with van der Waals surface area (Å²) in [5.74, 6) is 1.03. The van der Waals surface area contributed by atoms with Crippen molar-refractivity contribution in [2.45, 2.75) is 104 Å². The molecule has 2 spiro atoms. The van der Waals surface area contributed by atoms with Crippen molar-refractivity contribution in [2.24, 2.45) is 34.0 Å². The average Bonchev–Trinajstić information content (AvgIpc) is 2.72. The molecule has 0 aromatic heterocycles. The largest absolute Gasteiger partial charge is 0.415 e. The second-order valence-electron chi connectivity index (χ2n) is 14.3.